The highest BCUT2D eigenvalue weighted by atomic mass is 16.5. The molecule has 1 aromatic rings. The summed E-state index contributed by atoms with van der Waals surface area (Å²) in [6, 6.07) is 9.71. The molecule has 3 nitrogen and oxygen atoms in total. The number of hydrogen-bond donors (Lipinski definition) is 0. The predicted octanol–water partition coefficient (Wildman–Crippen LogP) is 2.31. The first kappa shape index (κ1) is 13.2. The lowest BCUT2D eigenvalue weighted by Gasteiger charge is -2.02. The van der Waals surface area contributed by atoms with Gasteiger partial charge in [0, 0.05) is 6.42 Å². The number of ether oxygens (including phenoxy) is 1. The number of rotatable bonds is 7. The van der Waals surface area contributed by atoms with Crippen molar-refractivity contribution in [2.45, 2.75) is 19.3 Å². The average molecular weight is 232 g/mol. The number of aryl methyl sites for hydroxylation is 1. The molecule has 0 N–H and O–H groups in total. The number of carbonyl (C=O) groups is 2. The summed E-state index contributed by atoms with van der Waals surface area (Å²) in [6.07, 6.45) is 2.36. The van der Waals surface area contributed by atoms with Crippen LogP contribution in [-0.2, 0) is 20.7 Å². The number of Topliss-reactive ketones (excluding diaryl/α,β-unsaturated/α-hetero) is 1. The molecule has 3 heteroatoms. The van der Waals surface area contributed by atoms with Gasteiger partial charge in [0.25, 0.3) is 0 Å². The van der Waals surface area contributed by atoms with E-state index in [1.165, 1.54) is 6.08 Å². The van der Waals surface area contributed by atoms with E-state index in [2.05, 4.69) is 6.58 Å². The molecule has 0 saturated heterocycles. The minimum absolute atomic E-state index is 0.0945. The lowest BCUT2D eigenvalue weighted by Crippen LogP contribution is -2.11. The molecule has 0 saturated carbocycles. The van der Waals surface area contributed by atoms with Crippen molar-refractivity contribution in [2.24, 2.45) is 0 Å². The zero-order valence-corrected chi connectivity index (χ0v) is 9.72. The van der Waals surface area contributed by atoms with Gasteiger partial charge in [-0.3, -0.25) is 9.59 Å². The summed E-state index contributed by atoms with van der Waals surface area (Å²) in [5, 5.41) is 0. The van der Waals surface area contributed by atoms with Crippen molar-refractivity contribution in [1.82, 2.24) is 0 Å². The van der Waals surface area contributed by atoms with Crippen LogP contribution in [0.4, 0.5) is 0 Å². The Bertz CT molecular complexity index is 382. The van der Waals surface area contributed by atoms with Crippen LogP contribution >= 0.6 is 0 Å². The molecule has 0 unspecified atom stereocenters. The van der Waals surface area contributed by atoms with E-state index >= 15 is 0 Å². The van der Waals surface area contributed by atoms with Crippen LogP contribution in [0.2, 0.25) is 0 Å². The fourth-order valence-corrected chi connectivity index (χ4v) is 1.38. The number of esters is 1. The van der Waals surface area contributed by atoms with Crippen LogP contribution in [0.25, 0.3) is 0 Å². The van der Waals surface area contributed by atoms with E-state index in [-0.39, 0.29) is 18.8 Å². The Labute approximate surface area is 101 Å². The maximum absolute atomic E-state index is 11.5. The Hall–Kier alpha value is -1.90. The van der Waals surface area contributed by atoms with E-state index in [9.17, 15) is 9.59 Å². The van der Waals surface area contributed by atoms with Gasteiger partial charge in [0.2, 0.25) is 0 Å². The fourth-order valence-electron chi connectivity index (χ4n) is 1.38. The van der Waals surface area contributed by atoms with Crippen LogP contribution < -0.4 is 0 Å². The lowest BCUT2D eigenvalue weighted by atomic mass is 10.1. The van der Waals surface area contributed by atoms with Gasteiger partial charge in [0.1, 0.15) is 18.8 Å². The van der Waals surface area contributed by atoms with Crippen molar-refractivity contribution in [3.05, 3.63) is 48.6 Å². The molecule has 0 bridgehead atoms. The molecule has 0 aliphatic rings. The minimum atomic E-state index is -0.483. The summed E-state index contributed by atoms with van der Waals surface area (Å²) in [5.74, 6) is -0.578. The molecule has 17 heavy (non-hydrogen) atoms. The summed E-state index contributed by atoms with van der Waals surface area (Å²) in [6.45, 7) is 3.58. The van der Waals surface area contributed by atoms with Crippen molar-refractivity contribution in [2.75, 3.05) is 6.61 Å². The standard InChI is InChI=1S/C14H16O3/c1-2-10-17-14(16)11-13(15)9-8-12-6-4-3-5-7-12/h2-7H,1,8-11H2. The Kier molecular flexibility index (Phi) is 5.72. The molecule has 0 heterocycles. The van der Waals surface area contributed by atoms with Crippen molar-refractivity contribution in [3.63, 3.8) is 0 Å². The second kappa shape index (κ2) is 7.39. The highest BCUT2D eigenvalue weighted by Crippen LogP contribution is 2.04. The highest BCUT2D eigenvalue weighted by molar-refractivity contribution is 5.95. The molecule has 0 atom stereocenters. The van der Waals surface area contributed by atoms with Crippen LogP contribution in [-0.4, -0.2) is 18.4 Å². The molecule has 1 rings (SSSR count). The zero-order valence-electron chi connectivity index (χ0n) is 9.72. The van der Waals surface area contributed by atoms with Gasteiger partial charge < -0.3 is 4.74 Å². The number of hydrogen-bond acceptors (Lipinski definition) is 3. The largest absolute Gasteiger partial charge is 0.461 e. The van der Waals surface area contributed by atoms with Gasteiger partial charge in [0.15, 0.2) is 0 Å². The van der Waals surface area contributed by atoms with Gasteiger partial charge >= 0.3 is 5.97 Å². The first-order chi connectivity index (χ1) is 8.22. The third kappa shape index (κ3) is 5.66. The van der Waals surface area contributed by atoms with Gasteiger partial charge in [-0.1, -0.05) is 43.0 Å². The van der Waals surface area contributed by atoms with Crippen LogP contribution in [0.3, 0.4) is 0 Å². The van der Waals surface area contributed by atoms with Crippen LogP contribution in [0, 0.1) is 0 Å². The Morgan fingerprint density at radius 1 is 1.24 bits per heavy atom. The maximum Gasteiger partial charge on any atom is 0.313 e. The Morgan fingerprint density at radius 3 is 2.59 bits per heavy atom. The van der Waals surface area contributed by atoms with E-state index in [4.69, 9.17) is 4.74 Å². The minimum Gasteiger partial charge on any atom is -0.461 e. The summed E-state index contributed by atoms with van der Waals surface area (Å²) in [4.78, 5) is 22.6. The summed E-state index contributed by atoms with van der Waals surface area (Å²) in [7, 11) is 0. The summed E-state index contributed by atoms with van der Waals surface area (Å²) < 4.78 is 4.74. The molecule has 90 valence electrons. The average Bonchev–Trinajstić information content (AvgIpc) is 2.35. The zero-order chi connectivity index (χ0) is 12.5. The van der Waals surface area contributed by atoms with E-state index < -0.39 is 5.97 Å². The quantitative estimate of drug-likeness (QED) is 0.411. The van der Waals surface area contributed by atoms with Crippen LogP contribution in [0.15, 0.2) is 43.0 Å². The van der Waals surface area contributed by atoms with E-state index in [1.54, 1.807) is 0 Å². The van der Waals surface area contributed by atoms with Gasteiger partial charge in [-0.25, -0.2) is 0 Å². The molecule has 0 aliphatic heterocycles. The molecule has 0 spiro atoms. The second-order valence-corrected chi connectivity index (χ2v) is 3.67. The topological polar surface area (TPSA) is 43.4 Å². The molecule has 0 aromatic heterocycles. The van der Waals surface area contributed by atoms with Crippen molar-refractivity contribution >= 4 is 11.8 Å². The smallest absolute Gasteiger partial charge is 0.313 e. The monoisotopic (exact) mass is 232 g/mol. The van der Waals surface area contributed by atoms with E-state index in [1.807, 2.05) is 30.3 Å². The summed E-state index contributed by atoms with van der Waals surface area (Å²) in [5.41, 5.74) is 1.10. The number of carbonyl (C=O) groups excluding carboxylic acids is 2. The molecule has 0 fully saturated rings. The van der Waals surface area contributed by atoms with Gasteiger partial charge in [-0.2, -0.15) is 0 Å². The van der Waals surface area contributed by atoms with Crippen molar-refractivity contribution < 1.29 is 14.3 Å². The normalized spacial score (nSPS) is 9.65. The molecular weight excluding hydrogens is 216 g/mol. The molecule has 1 aromatic carbocycles. The molecule has 0 aliphatic carbocycles. The van der Waals surface area contributed by atoms with Crippen LogP contribution in [0.5, 0.6) is 0 Å². The maximum atomic E-state index is 11.5. The Balaban J connectivity index is 2.26. The second-order valence-electron chi connectivity index (χ2n) is 3.67. The van der Waals surface area contributed by atoms with Gasteiger partial charge in [0.05, 0.1) is 0 Å². The molecule has 0 amide bonds. The van der Waals surface area contributed by atoms with E-state index in [0.717, 1.165) is 5.56 Å². The SMILES string of the molecule is C=CCOC(=O)CC(=O)CCc1ccccc1. The van der Waals surface area contributed by atoms with E-state index in [0.29, 0.717) is 12.8 Å². The third-order valence-corrected chi connectivity index (χ3v) is 2.24. The fraction of sp³-hybridized carbons (Fsp3) is 0.286. The number of benzene rings is 1. The first-order valence-electron chi connectivity index (χ1n) is 5.54. The molecular formula is C14H16O3. The third-order valence-electron chi connectivity index (χ3n) is 2.24. The predicted molar refractivity (Wildman–Crippen MR) is 65.5 cm³/mol. The first-order valence-corrected chi connectivity index (χ1v) is 5.54. The van der Waals surface area contributed by atoms with Crippen LogP contribution in [0.1, 0.15) is 18.4 Å². The number of ketones is 1. The lowest BCUT2D eigenvalue weighted by molar-refractivity contribution is -0.144. The van der Waals surface area contributed by atoms with Crippen molar-refractivity contribution in [3.8, 4) is 0 Å². The highest BCUT2D eigenvalue weighted by Gasteiger charge is 2.10. The molecule has 0 radical (unpaired) electrons. The van der Waals surface area contributed by atoms with Gasteiger partial charge in [-0.15, -0.1) is 0 Å². The Morgan fingerprint density at radius 2 is 1.94 bits per heavy atom. The van der Waals surface area contributed by atoms with Gasteiger partial charge in [-0.05, 0) is 12.0 Å². The van der Waals surface area contributed by atoms with Crippen molar-refractivity contribution in [1.29, 1.82) is 0 Å². The summed E-state index contributed by atoms with van der Waals surface area (Å²) >= 11 is 0.